The van der Waals surface area contributed by atoms with Crippen LogP contribution in [0.2, 0.25) is 0 Å². The second-order valence-electron chi connectivity index (χ2n) is 5.91. The Labute approximate surface area is 115 Å². The molecular weight excluding hydrogens is 240 g/mol. The van der Waals surface area contributed by atoms with E-state index in [0.29, 0.717) is 11.8 Å². The van der Waals surface area contributed by atoms with Crippen LogP contribution in [0.3, 0.4) is 0 Å². The molecule has 0 unspecified atom stereocenters. The van der Waals surface area contributed by atoms with Gasteiger partial charge in [-0.1, -0.05) is 63.6 Å². The third-order valence-electron chi connectivity index (χ3n) is 2.78. The highest BCUT2D eigenvalue weighted by atomic mass is 32.2. The van der Waals surface area contributed by atoms with E-state index in [9.17, 15) is 4.79 Å². The van der Waals surface area contributed by atoms with Crippen LogP contribution >= 0.6 is 11.8 Å². The Hall–Kier alpha value is -0.760. The van der Waals surface area contributed by atoms with Crippen molar-refractivity contribution in [1.82, 2.24) is 0 Å². The van der Waals surface area contributed by atoms with Gasteiger partial charge in [0.15, 0.2) is 5.12 Å². The SMILES string of the molecule is CC(C)(C)CCCCCC(=O)Sc1ccccc1. The van der Waals surface area contributed by atoms with E-state index in [-0.39, 0.29) is 5.12 Å². The van der Waals surface area contributed by atoms with Gasteiger partial charge in [0.05, 0.1) is 0 Å². The van der Waals surface area contributed by atoms with Crippen LogP contribution in [0, 0.1) is 5.41 Å². The highest BCUT2D eigenvalue weighted by Gasteiger charge is 2.09. The van der Waals surface area contributed by atoms with Crippen LogP contribution in [0.5, 0.6) is 0 Å². The van der Waals surface area contributed by atoms with Gasteiger partial charge in [-0.2, -0.15) is 0 Å². The van der Waals surface area contributed by atoms with Crippen LogP contribution in [0.4, 0.5) is 0 Å². The number of hydrogen-bond donors (Lipinski definition) is 0. The molecule has 1 nitrogen and oxygen atoms in total. The Morgan fingerprint density at radius 1 is 1.06 bits per heavy atom. The number of thioether (sulfide) groups is 1. The van der Waals surface area contributed by atoms with Gasteiger partial charge in [0.1, 0.15) is 0 Å². The van der Waals surface area contributed by atoms with E-state index < -0.39 is 0 Å². The van der Waals surface area contributed by atoms with Gasteiger partial charge in [0.2, 0.25) is 0 Å². The fourth-order valence-electron chi connectivity index (χ4n) is 1.77. The normalized spacial score (nSPS) is 11.5. The Morgan fingerprint density at radius 3 is 2.33 bits per heavy atom. The van der Waals surface area contributed by atoms with Crippen LogP contribution in [0.25, 0.3) is 0 Å². The molecule has 0 aliphatic rings. The molecule has 2 heteroatoms. The van der Waals surface area contributed by atoms with E-state index in [2.05, 4.69) is 20.8 Å². The molecule has 0 aromatic heterocycles. The van der Waals surface area contributed by atoms with Gasteiger partial charge in [-0.05, 0) is 30.4 Å². The molecular formula is C16H24OS. The molecule has 1 rings (SSSR count). The number of benzene rings is 1. The van der Waals surface area contributed by atoms with Crippen LogP contribution in [0.1, 0.15) is 52.9 Å². The molecule has 0 aliphatic carbocycles. The molecule has 0 aliphatic heterocycles. The van der Waals surface area contributed by atoms with E-state index in [1.165, 1.54) is 31.0 Å². The summed E-state index contributed by atoms with van der Waals surface area (Å²) in [6.45, 7) is 6.80. The highest BCUT2D eigenvalue weighted by Crippen LogP contribution is 2.24. The minimum atomic E-state index is 0.289. The quantitative estimate of drug-likeness (QED) is 0.512. The summed E-state index contributed by atoms with van der Waals surface area (Å²) in [6.07, 6.45) is 5.36. The zero-order valence-corrected chi connectivity index (χ0v) is 12.6. The third-order valence-corrected chi connectivity index (χ3v) is 3.72. The molecule has 1 aromatic rings. The molecule has 1 aromatic carbocycles. The summed E-state index contributed by atoms with van der Waals surface area (Å²) >= 11 is 1.37. The zero-order valence-electron chi connectivity index (χ0n) is 11.7. The summed E-state index contributed by atoms with van der Waals surface area (Å²) in [6, 6.07) is 9.89. The van der Waals surface area contributed by atoms with Crippen molar-refractivity contribution in [2.75, 3.05) is 0 Å². The summed E-state index contributed by atoms with van der Waals surface area (Å²) in [5.41, 5.74) is 0.419. The monoisotopic (exact) mass is 264 g/mol. The summed E-state index contributed by atoms with van der Waals surface area (Å²) in [4.78, 5) is 12.8. The van der Waals surface area contributed by atoms with Crippen LogP contribution in [-0.2, 0) is 4.79 Å². The lowest BCUT2D eigenvalue weighted by molar-refractivity contribution is -0.111. The van der Waals surface area contributed by atoms with Crippen molar-refractivity contribution in [1.29, 1.82) is 0 Å². The number of carbonyl (C=O) groups excluding carboxylic acids is 1. The van der Waals surface area contributed by atoms with Gasteiger partial charge in [-0.25, -0.2) is 0 Å². The Bertz CT molecular complexity index is 351. The summed E-state index contributed by atoms with van der Waals surface area (Å²) in [5, 5.41) is 0.289. The Morgan fingerprint density at radius 2 is 1.72 bits per heavy atom. The number of unbranched alkanes of at least 4 members (excludes halogenated alkanes) is 2. The average molecular weight is 264 g/mol. The maximum atomic E-state index is 11.7. The molecule has 0 amide bonds. The lowest BCUT2D eigenvalue weighted by Gasteiger charge is -2.17. The molecule has 0 bridgehead atoms. The molecule has 0 saturated carbocycles. The fraction of sp³-hybridized carbons (Fsp3) is 0.562. The van der Waals surface area contributed by atoms with E-state index in [1.54, 1.807) is 0 Å². The molecule has 100 valence electrons. The van der Waals surface area contributed by atoms with Crippen molar-refractivity contribution in [2.45, 2.75) is 57.8 Å². The van der Waals surface area contributed by atoms with E-state index in [4.69, 9.17) is 0 Å². The molecule has 0 fully saturated rings. The standard InChI is InChI=1S/C16H24OS/c1-16(2,3)13-9-5-8-12-15(17)18-14-10-6-4-7-11-14/h4,6-7,10-11H,5,8-9,12-13H2,1-3H3. The van der Waals surface area contributed by atoms with Gasteiger partial charge >= 0.3 is 0 Å². The molecule has 0 spiro atoms. The number of carbonyl (C=O) groups is 1. The second-order valence-corrected chi connectivity index (χ2v) is 7.04. The molecule has 0 heterocycles. The first-order valence-electron chi connectivity index (χ1n) is 6.73. The summed E-state index contributed by atoms with van der Waals surface area (Å²) < 4.78 is 0. The first kappa shape index (κ1) is 15.3. The predicted octanol–water partition coefficient (Wildman–Crippen LogP) is 5.30. The number of hydrogen-bond acceptors (Lipinski definition) is 2. The lowest BCUT2D eigenvalue weighted by atomic mass is 9.89. The smallest absolute Gasteiger partial charge is 0.193 e. The van der Waals surface area contributed by atoms with Crippen molar-refractivity contribution < 1.29 is 4.79 Å². The topological polar surface area (TPSA) is 17.1 Å². The second kappa shape index (κ2) is 7.63. The van der Waals surface area contributed by atoms with Crippen LogP contribution in [-0.4, -0.2) is 5.12 Å². The van der Waals surface area contributed by atoms with Crippen molar-refractivity contribution in [3.05, 3.63) is 30.3 Å². The average Bonchev–Trinajstić information content (AvgIpc) is 2.28. The molecule has 0 atom stereocenters. The van der Waals surface area contributed by atoms with Gasteiger partial charge in [-0.3, -0.25) is 4.79 Å². The Balaban J connectivity index is 2.11. The van der Waals surface area contributed by atoms with Crippen LogP contribution in [0.15, 0.2) is 35.2 Å². The minimum absolute atomic E-state index is 0.289. The Kier molecular flexibility index (Phi) is 6.48. The summed E-state index contributed by atoms with van der Waals surface area (Å²) in [5.74, 6) is 0. The van der Waals surface area contributed by atoms with E-state index in [0.717, 1.165) is 11.3 Å². The fourth-order valence-corrected chi connectivity index (χ4v) is 2.57. The molecule has 0 saturated heterocycles. The van der Waals surface area contributed by atoms with Crippen LogP contribution < -0.4 is 0 Å². The molecule has 0 N–H and O–H groups in total. The minimum Gasteiger partial charge on any atom is -0.287 e. The van der Waals surface area contributed by atoms with E-state index in [1.807, 2.05) is 30.3 Å². The van der Waals surface area contributed by atoms with Gasteiger partial charge < -0.3 is 0 Å². The molecule has 0 radical (unpaired) electrons. The highest BCUT2D eigenvalue weighted by molar-refractivity contribution is 8.13. The van der Waals surface area contributed by atoms with Gasteiger partial charge in [0.25, 0.3) is 0 Å². The van der Waals surface area contributed by atoms with Crippen molar-refractivity contribution in [3.8, 4) is 0 Å². The largest absolute Gasteiger partial charge is 0.287 e. The first-order chi connectivity index (χ1) is 8.47. The maximum absolute atomic E-state index is 11.7. The van der Waals surface area contributed by atoms with Gasteiger partial charge in [0, 0.05) is 11.3 Å². The number of rotatable bonds is 6. The van der Waals surface area contributed by atoms with E-state index >= 15 is 0 Å². The van der Waals surface area contributed by atoms with Crippen molar-refractivity contribution >= 4 is 16.9 Å². The zero-order chi connectivity index (χ0) is 13.4. The summed E-state index contributed by atoms with van der Waals surface area (Å²) in [7, 11) is 0. The first-order valence-corrected chi connectivity index (χ1v) is 7.55. The van der Waals surface area contributed by atoms with Gasteiger partial charge in [-0.15, -0.1) is 0 Å². The van der Waals surface area contributed by atoms with Crippen molar-refractivity contribution in [3.63, 3.8) is 0 Å². The van der Waals surface area contributed by atoms with Crippen molar-refractivity contribution in [2.24, 2.45) is 5.41 Å². The maximum Gasteiger partial charge on any atom is 0.193 e. The predicted molar refractivity (Wildman–Crippen MR) is 79.8 cm³/mol. The third kappa shape index (κ3) is 7.54. The lowest BCUT2D eigenvalue weighted by Crippen LogP contribution is -2.04. The molecule has 18 heavy (non-hydrogen) atoms.